The van der Waals surface area contributed by atoms with Crippen molar-refractivity contribution in [3.63, 3.8) is 0 Å². The fourth-order valence-electron chi connectivity index (χ4n) is 4.13. The molecule has 2 amide bonds. The van der Waals surface area contributed by atoms with Gasteiger partial charge in [0.2, 0.25) is 5.91 Å². The van der Waals surface area contributed by atoms with Gasteiger partial charge in [0.05, 0.1) is 0 Å². The van der Waals surface area contributed by atoms with Crippen molar-refractivity contribution >= 4 is 18.0 Å². The van der Waals surface area contributed by atoms with E-state index in [1.54, 1.807) is 4.90 Å². The van der Waals surface area contributed by atoms with Gasteiger partial charge in [-0.25, -0.2) is 9.79 Å². The zero-order valence-corrected chi connectivity index (χ0v) is 19.6. The molecule has 2 saturated heterocycles. The number of benzene rings is 1. The highest BCUT2D eigenvalue weighted by molar-refractivity contribution is 5.84. The van der Waals surface area contributed by atoms with Crippen molar-refractivity contribution in [1.82, 2.24) is 14.7 Å². The maximum absolute atomic E-state index is 12.6. The van der Waals surface area contributed by atoms with Gasteiger partial charge in [-0.05, 0) is 51.5 Å². The Hall–Kier alpha value is -2.77. The molecule has 0 spiro atoms. The number of carbonyl (C=O) groups is 2. The molecule has 0 unspecified atom stereocenters. The lowest BCUT2D eigenvalue weighted by molar-refractivity contribution is -0.131. The van der Waals surface area contributed by atoms with Gasteiger partial charge in [-0.2, -0.15) is 0 Å². The van der Waals surface area contributed by atoms with Crippen molar-refractivity contribution in [3.8, 4) is 0 Å². The fraction of sp³-hybridized carbons (Fsp3) is 0.625. The minimum atomic E-state index is -0.509. The van der Waals surface area contributed by atoms with Crippen LogP contribution in [0.4, 0.5) is 4.79 Å². The van der Waals surface area contributed by atoms with Crippen LogP contribution in [0.5, 0.6) is 0 Å². The first-order valence-corrected chi connectivity index (χ1v) is 11.6. The topological polar surface area (TPSA) is 91.5 Å². The van der Waals surface area contributed by atoms with Crippen molar-refractivity contribution in [1.29, 1.82) is 0 Å². The summed E-state index contributed by atoms with van der Waals surface area (Å²) in [4.78, 5) is 34.6. The van der Waals surface area contributed by atoms with Crippen LogP contribution < -0.4 is 5.73 Å². The van der Waals surface area contributed by atoms with E-state index in [0.29, 0.717) is 38.1 Å². The van der Waals surface area contributed by atoms with Crippen LogP contribution >= 0.6 is 0 Å². The van der Waals surface area contributed by atoms with Crippen molar-refractivity contribution in [2.45, 2.75) is 45.6 Å². The quantitative estimate of drug-likeness (QED) is 0.570. The monoisotopic (exact) mass is 443 g/mol. The molecule has 8 heteroatoms. The number of likely N-dealkylation sites (tertiary alicyclic amines) is 1. The molecule has 2 aliphatic rings. The minimum Gasteiger partial charge on any atom is -0.444 e. The molecule has 0 atom stereocenters. The summed E-state index contributed by atoms with van der Waals surface area (Å²) in [5.74, 6) is 1.01. The first kappa shape index (κ1) is 23.9. The van der Waals surface area contributed by atoms with Gasteiger partial charge in [-0.1, -0.05) is 30.3 Å². The molecule has 2 heterocycles. The van der Waals surface area contributed by atoms with Gasteiger partial charge in [0, 0.05) is 39.3 Å². The van der Waals surface area contributed by atoms with E-state index in [4.69, 9.17) is 10.5 Å². The molecular weight excluding hydrogens is 406 g/mol. The standard InChI is InChI=1S/C24H37N5O3/c1-24(2,3)32-23(31)29-15-13-28(14-16-29)22(25)26-18-21(30)27-11-9-20(10-12-27)17-19-7-5-4-6-8-19/h4-8,20H,9-18H2,1-3H3,(H2,25,26). The molecule has 0 saturated carbocycles. The van der Waals surface area contributed by atoms with Gasteiger partial charge >= 0.3 is 6.09 Å². The molecule has 2 fully saturated rings. The number of amides is 2. The van der Waals surface area contributed by atoms with E-state index in [1.807, 2.05) is 36.6 Å². The first-order valence-electron chi connectivity index (χ1n) is 11.6. The zero-order chi connectivity index (χ0) is 23.1. The van der Waals surface area contributed by atoms with Crippen LogP contribution in [0.15, 0.2) is 35.3 Å². The van der Waals surface area contributed by atoms with E-state index in [2.05, 4.69) is 29.3 Å². The number of nitrogens with two attached hydrogens (primary N) is 1. The molecular formula is C24H37N5O3. The lowest BCUT2D eigenvalue weighted by Crippen LogP contribution is -2.53. The van der Waals surface area contributed by atoms with Gasteiger partial charge in [0.25, 0.3) is 0 Å². The maximum atomic E-state index is 12.6. The van der Waals surface area contributed by atoms with Crippen LogP contribution in [0.3, 0.4) is 0 Å². The molecule has 2 aliphatic heterocycles. The summed E-state index contributed by atoms with van der Waals surface area (Å²) in [6.45, 7) is 9.39. The highest BCUT2D eigenvalue weighted by Gasteiger charge is 2.27. The Morgan fingerprint density at radius 1 is 0.969 bits per heavy atom. The van der Waals surface area contributed by atoms with Gasteiger partial charge < -0.3 is 25.2 Å². The molecule has 32 heavy (non-hydrogen) atoms. The second-order valence-corrected chi connectivity index (χ2v) is 9.64. The number of aliphatic imine (C=N–C) groups is 1. The normalized spacial score (nSPS) is 18.6. The fourth-order valence-corrected chi connectivity index (χ4v) is 4.13. The van der Waals surface area contributed by atoms with Gasteiger partial charge in [0.1, 0.15) is 12.1 Å². The summed E-state index contributed by atoms with van der Waals surface area (Å²) in [6.07, 6.45) is 2.81. The summed E-state index contributed by atoms with van der Waals surface area (Å²) in [5.41, 5.74) is 6.98. The van der Waals surface area contributed by atoms with Crippen LogP contribution in [0.1, 0.15) is 39.2 Å². The van der Waals surface area contributed by atoms with Crippen molar-refractivity contribution in [2.24, 2.45) is 16.6 Å². The molecule has 176 valence electrons. The van der Waals surface area contributed by atoms with Crippen LogP contribution in [0, 0.1) is 5.92 Å². The van der Waals surface area contributed by atoms with Crippen LogP contribution in [-0.4, -0.2) is 84.1 Å². The molecule has 3 rings (SSSR count). The van der Waals surface area contributed by atoms with Crippen LogP contribution in [0.25, 0.3) is 0 Å². The van der Waals surface area contributed by atoms with Gasteiger partial charge in [0.15, 0.2) is 5.96 Å². The minimum absolute atomic E-state index is 0.0264. The lowest BCUT2D eigenvalue weighted by Gasteiger charge is -2.36. The molecule has 1 aromatic rings. The predicted molar refractivity (Wildman–Crippen MR) is 125 cm³/mol. The third-order valence-electron chi connectivity index (χ3n) is 5.97. The Kier molecular flexibility index (Phi) is 7.99. The largest absolute Gasteiger partial charge is 0.444 e. The number of nitrogens with zero attached hydrogens (tertiary/aromatic N) is 4. The molecule has 0 aliphatic carbocycles. The number of ether oxygens (including phenoxy) is 1. The highest BCUT2D eigenvalue weighted by Crippen LogP contribution is 2.21. The van der Waals surface area contributed by atoms with E-state index in [-0.39, 0.29) is 18.5 Å². The number of carbonyl (C=O) groups excluding carboxylic acids is 2. The SMILES string of the molecule is CC(C)(C)OC(=O)N1CCN(C(N)=NCC(=O)N2CCC(Cc3ccccc3)CC2)CC1. The van der Waals surface area contributed by atoms with E-state index in [1.165, 1.54) is 5.56 Å². The lowest BCUT2D eigenvalue weighted by atomic mass is 9.90. The summed E-state index contributed by atoms with van der Waals surface area (Å²) < 4.78 is 5.42. The molecule has 1 aromatic carbocycles. The molecule has 0 bridgehead atoms. The van der Waals surface area contributed by atoms with Crippen molar-refractivity contribution in [2.75, 3.05) is 45.8 Å². The molecule has 0 aromatic heterocycles. The third kappa shape index (κ3) is 7.14. The number of guanidine groups is 1. The average Bonchev–Trinajstić information content (AvgIpc) is 2.77. The maximum Gasteiger partial charge on any atom is 0.410 e. The van der Waals surface area contributed by atoms with Crippen molar-refractivity contribution in [3.05, 3.63) is 35.9 Å². The van der Waals surface area contributed by atoms with Crippen LogP contribution in [-0.2, 0) is 16.0 Å². The Labute approximate surface area is 191 Å². The van der Waals surface area contributed by atoms with E-state index in [9.17, 15) is 9.59 Å². The first-order chi connectivity index (χ1) is 15.2. The summed E-state index contributed by atoms with van der Waals surface area (Å²) in [7, 11) is 0. The number of hydrogen-bond donors (Lipinski definition) is 1. The average molecular weight is 444 g/mol. The summed E-state index contributed by atoms with van der Waals surface area (Å²) in [5, 5.41) is 0. The predicted octanol–water partition coefficient (Wildman–Crippen LogP) is 2.34. The summed E-state index contributed by atoms with van der Waals surface area (Å²) >= 11 is 0. The van der Waals surface area contributed by atoms with E-state index >= 15 is 0 Å². The van der Waals surface area contributed by atoms with Crippen molar-refractivity contribution < 1.29 is 14.3 Å². The molecule has 2 N–H and O–H groups in total. The number of hydrogen-bond acceptors (Lipinski definition) is 4. The van der Waals surface area contributed by atoms with E-state index < -0.39 is 5.60 Å². The van der Waals surface area contributed by atoms with Crippen LogP contribution in [0.2, 0.25) is 0 Å². The Bertz CT molecular complexity index is 790. The zero-order valence-electron chi connectivity index (χ0n) is 19.6. The Balaban J connectivity index is 1.39. The number of piperidine rings is 1. The number of rotatable bonds is 4. The Morgan fingerprint density at radius 3 is 2.16 bits per heavy atom. The smallest absolute Gasteiger partial charge is 0.410 e. The number of piperazine rings is 1. The molecule has 8 nitrogen and oxygen atoms in total. The van der Waals surface area contributed by atoms with E-state index in [0.717, 1.165) is 32.4 Å². The molecule has 0 radical (unpaired) electrons. The highest BCUT2D eigenvalue weighted by atomic mass is 16.6. The third-order valence-corrected chi connectivity index (χ3v) is 5.97. The Morgan fingerprint density at radius 2 is 1.56 bits per heavy atom. The summed E-state index contributed by atoms with van der Waals surface area (Å²) in [6, 6.07) is 10.5. The van der Waals surface area contributed by atoms with Gasteiger partial charge in [-0.15, -0.1) is 0 Å². The second-order valence-electron chi connectivity index (χ2n) is 9.64. The van der Waals surface area contributed by atoms with Gasteiger partial charge in [-0.3, -0.25) is 4.79 Å². The second kappa shape index (κ2) is 10.7.